The maximum absolute atomic E-state index is 13.0. The van der Waals surface area contributed by atoms with Crippen molar-refractivity contribution in [2.75, 3.05) is 19.6 Å². The van der Waals surface area contributed by atoms with E-state index in [1.54, 1.807) is 0 Å². The van der Waals surface area contributed by atoms with E-state index < -0.39 is 11.2 Å². The fourth-order valence-electron chi connectivity index (χ4n) is 3.46. The van der Waals surface area contributed by atoms with Crippen LogP contribution < -0.4 is 0 Å². The van der Waals surface area contributed by atoms with Gasteiger partial charge >= 0.3 is 0 Å². The zero-order valence-corrected chi connectivity index (χ0v) is 15.6. The summed E-state index contributed by atoms with van der Waals surface area (Å²) in [7, 11) is 0. The van der Waals surface area contributed by atoms with Gasteiger partial charge in [0, 0.05) is 38.0 Å². The van der Waals surface area contributed by atoms with Crippen LogP contribution in [0, 0.1) is 5.82 Å². The van der Waals surface area contributed by atoms with E-state index in [0.717, 1.165) is 50.2 Å². The number of benzene rings is 2. The number of hydrogen-bond donors (Lipinski definition) is 0. The molecule has 1 unspecified atom stereocenters. The van der Waals surface area contributed by atoms with E-state index in [2.05, 4.69) is 17.9 Å². The van der Waals surface area contributed by atoms with Gasteiger partial charge in [-0.2, -0.15) is 0 Å². The second-order valence-corrected chi connectivity index (χ2v) is 8.38. The molecule has 1 heterocycles. The highest BCUT2D eigenvalue weighted by Crippen LogP contribution is 2.27. The molecule has 4 heteroatoms. The molecule has 0 spiro atoms. The summed E-state index contributed by atoms with van der Waals surface area (Å²) in [5.74, 6) is -0.181. The molecular weight excluding hydrogens is 333 g/mol. The van der Waals surface area contributed by atoms with Crippen molar-refractivity contribution in [1.29, 1.82) is 0 Å². The van der Waals surface area contributed by atoms with Crippen molar-refractivity contribution in [1.82, 2.24) is 4.90 Å². The molecule has 0 aromatic heterocycles. The first-order valence-electron chi connectivity index (χ1n) is 9.12. The first-order chi connectivity index (χ1) is 12.2. The van der Waals surface area contributed by atoms with Gasteiger partial charge < -0.3 is 9.45 Å². The molecule has 1 fully saturated rings. The lowest BCUT2D eigenvalue weighted by molar-refractivity contribution is 0.232. The predicted octanol–water partition coefficient (Wildman–Crippen LogP) is 4.20. The number of piperidine rings is 1. The Balaban J connectivity index is 1.50. The minimum Gasteiger partial charge on any atom is -0.611 e. The number of hydrogen-bond acceptors (Lipinski definition) is 2. The van der Waals surface area contributed by atoms with Crippen molar-refractivity contribution in [3.8, 4) is 0 Å². The van der Waals surface area contributed by atoms with E-state index >= 15 is 0 Å². The van der Waals surface area contributed by atoms with Crippen molar-refractivity contribution in [2.24, 2.45) is 0 Å². The average Bonchev–Trinajstić information content (AvgIpc) is 2.67. The standard InChI is InChI=1S/C21H26FNOS/c1-2-18-5-3-4-6-21(18)25(24)20-12-15-23(16-13-20)14-11-17-7-9-19(22)10-8-17/h3-10,20H,2,11-16H2,1H3. The van der Waals surface area contributed by atoms with E-state index in [9.17, 15) is 8.94 Å². The van der Waals surface area contributed by atoms with Gasteiger partial charge in [0.25, 0.3) is 0 Å². The monoisotopic (exact) mass is 359 g/mol. The molecule has 3 rings (SSSR count). The van der Waals surface area contributed by atoms with Crippen LogP contribution in [0.5, 0.6) is 0 Å². The van der Waals surface area contributed by atoms with E-state index in [1.807, 2.05) is 30.3 Å². The SMILES string of the molecule is CCc1ccccc1[S+]([O-])C1CCN(CCc2ccc(F)cc2)CC1. The Bertz CT molecular complexity index is 668. The number of nitrogens with zero attached hydrogens (tertiary/aromatic N) is 1. The lowest BCUT2D eigenvalue weighted by atomic mass is 10.1. The van der Waals surface area contributed by atoms with Gasteiger partial charge in [-0.3, -0.25) is 0 Å². The van der Waals surface area contributed by atoms with Gasteiger partial charge in [-0.1, -0.05) is 37.3 Å². The fraction of sp³-hybridized carbons (Fsp3) is 0.429. The molecule has 2 aromatic rings. The summed E-state index contributed by atoms with van der Waals surface area (Å²) in [6, 6.07) is 14.9. The molecule has 2 nitrogen and oxygen atoms in total. The van der Waals surface area contributed by atoms with E-state index in [4.69, 9.17) is 0 Å². The van der Waals surface area contributed by atoms with Crippen LogP contribution in [-0.4, -0.2) is 34.3 Å². The topological polar surface area (TPSA) is 26.3 Å². The molecular formula is C21H26FNOS. The van der Waals surface area contributed by atoms with Crippen LogP contribution in [0.25, 0.3) is 0 Å². The van der Waals surface area contributed by atoms with Crippen LogP contribution in [0.2, 0.25) is 0 Å². The molecule has 1 aliphatic heterocycles. The van der Waals surface area contributed by atoms with Gasteiger partial charge in [0.2, 0.25) is 0 Å². The van der Waals surface area contributed by atoms with Gasteiger partial charge in [0.1, 0.15) is 11.1 Å². The summed E-state index contributed by atoms with van der Waals surface area (Å²) in [5, 5.41) is 0.259. The van der Waals surface area contributed by atoms with Crippen molar-refractivity contribution in [3.05, 3.63) is 65.5 Å². The van der Waals surface area contributed by atoms with Crippen molar-refractivity contribution in [3.63, 3.8) is 0 Å². The molecule has 1 saturated heterocycles. The molecule has 0 amide bonds. The molecule has 1 aliphatic rings. The van der Waals surface area contributed by atoms with E-state index in [-0.39, 0.29) is 11.1 Å². The van der Waals surface area contributed by atoms with E-state index in [0.29, 0.717) is 0 Å². The van der Waals surface area contributed by atoms with Crippen LogP contribution >= 0.6 is 0 Å². The average molecular weight is 360 g/mol. The van der Waals surface area contributed by atoms with Gasteiger partial charge in [-0.05, 0) is 47.8 Å². The smallest absolute Gasteiger partial charge is 0.156 e. The Morgan fingerprint density at radius 3 is 2.44 bits per heavy atom. The predicted molar refractivity (Wildman–Crippen MR) is 102 cm³/mol. The zero-order chi connectivity index (χ0) is 17.6. The fourth-order valence-corrected chi connectivity index (χ4v) is 5.14. The third-order valence-corrected chi connectivity index (χ3v) is 6.95. The number of halogens is 1. The summed E-state index contributed by atoms with van der Waals surface area (Å²) in [5.41, 5.74) is 2.38. The highest BCUT2D eigenvalue weighted by Gasteiger charge is 2.30. The quantitative estimate of drug-likeness (QED) is 0.723. The molecule has 1 atom stereocenters. The summed E-state index contributed by atoms with van der Waals surface area (Å²) < 4.78 is 25.9. The minimum atomic E-state index is -0.907. The molecule has 2 aromatic carbocycles. The normalized spacial score (nSPS) is 17.6. The van der Waals surface area contributed by atoms with Crippen molar-refractivity contribution < 1.29 is 8.94 Å². The summed E-state index contributed by atoms with van der Waals surface area (Å²) in [6.07, 6.45) is 3.83. The van der Waals surface area contributed by atoms with Crippen LogP contribution in [0.15, 0.2) is 53.4 Å². The second-order valence-electron chi connectivity index (χ2n) is 6.68. The zero-order valence-electron chi connectivity index (χ0n) is 14.8. The molecule has 0 bridgehead atoms. The number of likely N-dealkylation sites (tertiary alicyclic amines) is 1. The lowest BCUT2D eigenvalue weighted by Crippen LogP contribution is -2.40. The second kappa shape index (κ2) is 8.84. The third-order valence-electron chi connectivity index (χ3n) is 5.04. The molecule has 0 N–H and O–H groups in total. The molecule has 134 valence electrons. The summed E-state index contributed by atoms with van der Waals surface area (Å²) in [6.45, 7) is 5.09. The van der Waals surface area contributed by atoms with Crippen molar-refractivity contribution >= 4 is 11.2 Å². The third kappa shape index (κ3) is 4.84. The maximum atomic E-state index is 13.0. The minimum absolute atomic E-state index is 0.181. The molecule has 0 saturated carbocycles. The first-order valence-corrected chi connectivity index (χ1v) is 10.3. The van der Waals surface area contributed by atoms with Crippen LogP contribution in [-0.2, 0) is 24.0 Å². The molecule has 25 heavy (non-hydrogen) atoms. The lowest BCUT2D eigenvalue weighted by Gasteiger charge is -2.33. The van der Waals surface area contributed by atoms with E-state index in [1.165, 1.54) is 23.3 Å². The summed E-state index contributed by atoms with van der Waals surface area (Å²) in [4.78, 5) is 3.46. The maximum Gasteiger partial charge on any atom is 0.156 e. The van der Waals surface area contributed by atoms with Crippen LogP contribution in [0.1, 0.15) is 30.9 Å². The van der Waals surface area contributed by atoms with Gasteiger partial charge in [-0.15, -0.1) is 0 Å². The number of aryl methyl sites for hydroxylation is 1. The van der Waals surface area contributed by atoms with Gasteiger partial charge in [-0.25, -0.2) is 4.39 Å². The molecule has 0 aliphatic carbocycles. The Morgan fingerprint density at radius 2 is 1.76 bits per heavy atom. The highest BCUT2D eigenvalue weighted by molar-refractivity contribution is 7.92. The van der Waals surface area contributed by atoms with Gasteiger partial charge in [0.05, 0.1) is 0 Å². The molecule has 0 radical (unpaired) electrons. The number of rotatable bonds is 6. The highest BCUT2D eigenvalue weighted by atomic mass is 32.2. The Kier molecular flexibility index (Phi) is 6.51. The van der Waals surface area contributed by atoms with Crippen LogP contribution in [0.4, 0.5) is 4.39 Å². The Labute approximate surface area is 153 Å². The Morgan fingerprint density at radius 1 is 1.08 bits per heavy atom. The summed E-state index contributed by atoms with van der Waals surface area (Å²) >= 11 is -0.907. The van der Waals surface area contributed by atoms with Crippen molar-refractivity contribution in [2.45, 2.75) is 42.8 Å². The van der Waals surface area contributed by atoms with Gasteiger partial charge in [0.15, 0.2) is 4.90 Å². The van der Waals surface area contributed by atoms with Crippen LogP contribution in [0.3, 0.4) is 0 Å². The first kappa shape index (κ1) is 18.4. The Hall–Kier alpha value is -1.36. The largest absolute Gasteiger partial charge is 0.611 e.